The molecular weight excluding hydrogens is 628 g/mol. The number of carbonyl (C=O) groups excluding carboxylic acids is 3. The SMILES string of the molecule is CCOC(=O)[C@H](C)NP(=O)(OC[C@@]1(CF)O[C@@H](c2ccc3c(N)ncnn23)[C@H](OC(=O)CC)[C@@H]1OC(=O)CC)Oc1ccccc1. The van der Waals surface area contributed by atoms with Crippen LogP contribution in [-0.4, -0.2) is 76.2 Å². The number of ether oxygens (including phenoxy) is 4. The minimum Gasteiger partial charge on any atom is -0.465 e. The van der Waals surface area contributed by atoms with Crippen molar-refractivity contribution < 1.29 is 51.3 Å². The molecule has 1 aliphatic rings. The molecule has 250 valence electrons. The van der Waals surface area contributed by atoms with E-state index in [4.69, 9.17) is 33.7 Å². The standard InChI is InChI=1S/C29H37FN5O10P/c1-5-22(36)42-25-24(20-13-14-21-27(31)32-17-33-35(20)21)44-29(15-30,26(25)43-23(37)6-2)16-41-46(39,34-18(4)28(38)40-7-3)45-19-11-9-8-10-12-19/h8-14,17-18,24-26H,5-7,15-16H2,1-4H3,(H,34,39)(H2,31,32,33)/t18-,24-,25-,26-,29+,46?/m0/s1. The van der Waals surface area contributed by atoms with Gasteiger partial charge in [0.05, 0.1) is 18.9 Å². The Morgan fingerprint density at radius 1 is 1.11 bits per heavy atom. The van der Waals surface area contributed by atoms with E-state index in [2.05, 4.69) is 15.2 Å². The van der Waals surface area contributed by atoms with Crippen molar-refractivity contribution in [2.75, 3.05) is 25.6 Å². The van der Waals surface area contributed by atoms with Crippen LogP contribution < -0.4 is 15.3 Å². The van der Waals surface area contributed by atoms with E-state index >= 15 is 4.39 Å². The van der Waals surface area contributed by atoms with Crippen LogP contribution in [0, 0.1) is 0 Å². The van der Waals surface area contributed by atoms with E-state index in [1.54, 1.807) is 44.2 Å². The van der Waals surface area contributed by atoms with E-state index in [-0.39, 0.29) is 36.7 Å². The number of halogens is 1. The number of hydrogen-bond acceptors (Lipinski definition) is 13. The van der Waals surface area contributed by atoms with Crippen LogP contribution in [0.3, 0.4) is 0 Å². The topological polar surface area (TPSA) is 192 Å². The van der Waals surface area contributed by atoms with Crippen molar-refractivity contribution in [2.45, 2.75) is 70.5 Å². The third-order valence-electron chi connectivity index (χ3n) is 7.05. The molecule has 1 aliphatic heterocycles. The highest BCUT2D eigenvalue weighted by atomic mass is 31.2. The van der Waals surface area contributed by atoms with Crippen molar-refractivity contribution in [3.63, 3.8) is 0 Å². The smallest absolute Gasteiger partial charge is 0.459 e. The summed E-state index contributed by atoms with van der Waals surface area (Å²) < 4.78 is 65.1. The zero-order valence-electron chi connectivity index (χ0n) is 25.8. The number of benzene rings is 1. The van der Waals surface area contributed by atoms with Crippen molar-refractivity contribution in [3.8, 4) is 5.75 Å². The Bertz CT molecular complexity index is 1580. The number of para-hydroxylation sites is 1. The van der Waals surface area contributed by atoms with Crippen LogP contribution in [0.25, 0.3) is 5.52 Å². The quantitative estimate of drug-likeness (QED) is 0.136. The molecule has 0 radical (unpaired) electrons. The average Bonchev–Trinajstić information content (AvgIpc) is 3.60. The third kappa shape index (κ3) is 7.64. The lowest BCUT2D eigenvalue weighted by molar-refractivity contribution is -0.174. The van der Waals surface area contributed by atoms with Gasteiger partial charge >= 0.3 is 25.7 Å². The summed E-state index contributed by atoms with van der Waals surface area (Å²) in [5, 5.41) is 6.72. The van der Waals surface area contributed by atoms with E-state index in [9.17, 15) is 18.9 Å². The first-order valence-corrected chi connectivity index (χ1v) is 16.2. The first-order valence-electron chi connectivity index (χ1n) is 14.6. The Morgan fingerprint density at radius 3 is 2.46 bits per heavy atom. The molecule has 1 saturated heterocycles. The van der Waals surface area contributed by atoms with Gasteiger partial charge in [0.15, 0.2) is 23.6 Å². The number of hydrogen-bond donors (Lipinski definition) is 2. The largest absolute Gasteiger partial charge is 0.465 e. The minimum atomic E-state index is -4.52. The lowest BCUT2D eigenvalue weighted by Gasteiger charge is -2.33. The zero-order valence-corrected chi connectivity index (χ0v) is 26.7. The third-order valence-corrected chi connectivity index (χ3v) is 8.67. The van der Waals surface area contributed by atoms with Crippen LogP contribution in [-0.2, 0) is 42.4 Å². The normalized spacial score (nSPS) is 22.9. The van der Waals surface area contributed by atoms with Crippen LogP contribution in [0.15, 0.2) is 48.8 Å². The van der Waals surface area contributed by atoms with Crippen molar-refractivity contribution in [1.29, 1.82) is 0 Å². The molecule has 0 saturated carbocycles. The van der Waals surface area contributed by atoms with Gasteiger partial charge in [0.25, 0.3) is 0 Å². The molecule has 3 heterocycles. The van der Waals surface area contributed by atoms with Gasteiger partial charge in [-0.25, -0.2) is 18.5 Å². The molecule has 4 rings (SSSR count). The van der Waals surface area contributed by atoms with E-state index < -0.39 is 68.9 Å². The van der Waals surface area contributed by atoms with Gasteiger partial charge in [-0.3, -0.25) is 18.9 Å². The summed E-state index contributed by atoms with van der Waals surface area (Å²) >= 11 is 0. The first-order chi connectivity index (χ1) is 22.0. The van der Waals surface area contributed by atoms with Crippen LogP contribution in [0.2, 0.25) is 0 Å². The van der Waals surface area contributed by atoms with Crippen molar-refractivity contribution in [1.82, 2.24) is 19.7 Å². The molecule has 15 nitrogen and oxygen atoms in total. The highest BCUT2D eigenvalue weighted by Crippen LogP contribution is 2.50. The summed E-state index contributed by atoms with van der Waals surface area (Å²) in [5.74, 6) is -1.95. The summed E-state index contributed by atoms with van der Waals surface area (Å²) in [4.78, 5) is 41.7. The number of nitrogen functional groups attached to an aromatic ring is 1. The van der Waals surface area contributed by atoms with E-state index in [1.165, 1.54) is 36.8 Å². The van der Waals surface area contributed by atoms with Crippen molar-refractivity contribution in [3.05, 3.63) is 54.5 Å². The maximum absolute atomic E-state index is 15.4. The van der Waals surface area contributed by atoms with Gasteiger partial charge in [-0.05, 0) is 38.1 Å². The van der Waals surface area contributed by atoms with Gasteiger partial charge in [-0.2, -0.15) is 10.2 Å². The van der Waals surface area contributed by atoms with E-state index in [0.717, 1.165) is 0 Å². The second kappa shape index (κ2) is 15.0. The second-order valence-corrected chi connectivity index (χ2v) is 12.0. The fraction of sp³-hybridized carbons (Fsp3) is 0.483. The van der Waals surface area contributed by atoms with Crippen LogP contribution in [0.1, 0.15) is 52.3 Å². The maximum atomic E-state index is 15.4. The zero-order chi connectivity index (χ0) is 33.5. The Morgan fingerprint density at radius 2 is 1.80 bits per heavy atom. The lowest BCUT2D eigenvalue weighted by Crippen LogP contribution is -2.52. The molecule has 3 aromatic rings. The predicted octanol–water partition coefficient (Wildman–Crippen LogP) is 3.48. The Hall–Kier alpha value is -4.11. The van der Waals surface area contributed by atoms with Crippen molar-refractivity contribution in [2.24, 2.45) is 0 Å². The van der Waals surface area contributed by atoms with Gasteiger partial charge in [0, 0.05) is 12.8 Å². The summed E-state index contributed by atoms with van der Waals surface area (Å²) in [5.41, 5.74) is 4.46. The molecule has 0 spiro atoms. The molecule has 0 bridgehead atoms. The number of anilines is 1. The molecule has 2 aromatic heterocycles. The highest BCUT2D eigenvalue weighted by molar-refractivity contribution is 7.52. The van der Waals surface area contributed by atoms with E-state index in [0.29, 0.717) is 5.52 Å². The molecule has 0 amide bonds. The van der Waals surface area contributed by atoms with Crippen LogP contribution in [0.5, 0.6) is 5.75 Å². The number of carbonyl (C=O) groups is 3. The molecular formula is C29H37FN5O10P. The molecule has 1 aromatic carbocycles. The van der Waals surface area contributed by atoms with Crippen molar-refractivity contribution >= 4 is 37.0 Å². The average molecular weight is 666 g/mol. The van der Waals surface area contributed by atoms with Gasteiger partial charge in [-0.15, -0.1) is 0 Å². The Kier molecular flexibility index (Phi) is 11.3. The van der Waals surface area contributed by atoms with Gasteiger partial charge in [-0.1, -0.05) is 32.0 Å². The Labute approximate surface area is 264 Å². The predicted molar refractivity (Wildman–Crippen MR) is 160 cm³/mol. The molecule has 0 aliphatic carbocycles. The molecule has 17 heteroatoms. The number of fused-ring (bicyclic) bond motifs is 1. The fourth-order valence-electron chi connectivity index (χ4n) is 4.74. The molecule has 6 atom stereocenters. The second-order valence-electron chi connectivity index (χ2n) is 10.3. The molecule has 1 fully saturated rings. The van der Waals surface area contributed by atoms with Gasteiger partial charge < -0.3 is 29.2 Å². The van der Waals surface area contributed by atoms with Gasteiger partial charge in [0.2, 0.25) is 0 Å². The number of nitrogens with two attached hydrogens (primary N) is 1. The summed E-state index contributed by atoms with van der Waals surface area (Å²) in [7, 11) is -4.52. The molecule has 3 N–H and O–H groups in total. The number of esters is 3. The first kappa shape index (κ1) is 34.8. The number of nitrogens with one attached hydrogen (secondary N) is 1. The van der Waals surface area contributed by atoms with Crippen LogP contribution in [0.4, 0.5) is 10.2 Å². The molecule has 1 unspecified atom stereocenters. The maximum Gasteiger partial charge on any atom is 0.459 e. The van der Waals surface area contributed by atoms with Gasteiger partial charge in [0.1, 0.15) is 36.4 Å². The summed E-state index contributed by atoms with van der Waals surface area (Å²) in [6.45, 7) is 3.92. The van der Waals surface area contributed by atoms with E-state index in [1.807, 2.05) is 0 Å². The highest BCUT2D eigenvalue weighted by Gasteiger charge is 2.61. The molecule has 46 heavy (non-hydrogen) atoms. The summed E-state index contributed by atoms with van der Waals surface area (Å²) in [6, 6.07) is 9.91. The fourth-order valence-corrected chi connectivity index (χ4v) is 6.29. The minimum absolute atomic E-state index is 0.0586. The monoisotopic (exact) mass is 665 g/mol. The summed E-state index contributed by atoms with van der Waals surface area (Å²) in [6.07, 6.45) is -3.24. The van der Waals surface area contributed by atoms with Crippen LogP contribution >= 0.6 is 7.75 Å². The number of nitrogens with zero attached hydrogens (tertiary/aromatic N) is 3. The number of aromatic nitrogens is 3. The number of rotatable bonds is 15. The lowest BCUT2D eigenvalue weighted by atomic mass is 9.95. The Balaban J connectivity index is 1.76. The number of alkyl halides is 1.